The highest BCUT2D eigenvalue weighted by Gasteiger charge is 2.30. The van der Waals surface area contributed by atoms with Gasteiger partial charge in [0.25, 0.3) is 0 Å². The lowest BCUT2D eigenvalue weighted by atomic mass is 10.0. The molecule has 0 aliphatic carbocycles. The Hall–Kier alpha value is -1.88. The molecule has 5 heteroatoms. The van der Waals surface area contributed by atoms with Crippen molar-refractivity contribution in [2.24, 2.45) is 5.73 Å². The fraction of sp³-hybridized carbons (Fsp3) is 0.154. The average molecular weight is 252 g/mol. The molecule has 0 spiro atoms. The van der Waals surface area contributed by atoms with E-state index >= 15 is 0 Å². The minimum atomic E-state index is -4.32. The average Bonchev–Trinajstić information content (AvgIpc) is 2.38. The van der Waals surface area contributed by atoms with Gasteiger partial charge in [-0.1, -0.05) is 18.2 Å². The van der Waals surface area contributed by atoms with Crippen LogP contribution in [0.25, 0.3) is 11.3 Å². The Morgan fingerprint density at radius 1 is 1.06 bits per heavy atom. The van der Waals surface area contributed by atoms with Crippen LogP contribution in [0.2, 0.25) is 0 Å². The van der Waals surface area contributed by atoms with Crippen molar-refractivity contribution in [1.82, 2.24) is 4.98 Å². The molecule has 0 atom stereocenters. The maximum absolute atomic E-state index is 12.4. The molecule has 0 aliphatic heterocycles. The Balaban J connectivity index is 2.41. The van der Waals surface area contributed by atoms with Gasteiger partial charge in [-0.15, -0.1) is 0 Å². The molecule has 18 heavy (non-hydrogen) atoms. The molecule has 0 radical (unpaired) electrons. The number of aromatic nitrogens is 1. The van der Waals surface area contributed by atoms with Gasteiger partial charge >= 0.3 is 6.18 Å². The molecule has 0 fully saturated rings. The van der Waals surface area contributed by atoms with E-state index in [1.165, 1.54) is 12.1 Å². The second-order valence-corrected chi connectivity index (χ2v) is 3.79. The third kappa shape index (κ3) is 2.51. The number of rotatable bonds is 2. The smallest absolute Gasteiger partial charge is 0.326 e. The molecule has 2 rings (SSSR count). The summed E-state index contributed by atoms with van der Waals surface area (Å²) in [5.74, 6) is 0. The zero-order chi connectivity index (χ0) is 13.2. The van der Waals surface area contributed by atoms with Crippen molar-refractivity contribution in [3.05, 3.63) is 53.7 Å². The number of hydrogen-bond donors (Lipinski definition) is 1. The van der Waals surface area contributed by atoms with Gasteiger partial charge in [0.1, 0.15) is 0 Å². The van der Waals surface area contributed by atoms with Gasteiger partial charge in [-0.05, 0) is 23.8 Å². The second-order valence-electron chi connectivity index (χ2n) is 3.79. The molecule has 0 saturated carbocycles. The van der Waals surface area contributed by atoms with Gasteiger partial charge in [-0.25, -0.2) is 0 Å². The van der Waals surface area contributed by atoms with Gasteiger partial charge in [-0.3, -0.25) is 4.98 Å². The van der Waals surface area contributed by atoms with Gasteiger partial charge in [0, 0.05) is 18.3 Å². The first-order valence-electron chi connectivity index (χ1n) is 5.34. The molecule has 2 N–H and O–H groups in total. The first-order chi connectivity index (χ1) is 8.52. The van der Waals surface area contributed by atoms with Crippen LogP contribution in [0, 0.1) is 0 Å². The molecule has 0 unspecified atom stereocenters. The predicted molar refractivity (Wildman–Crippen MR) is 62.6 cm³/mol. The standard InChI is InChI=1S/C13H11F3N2/c14-13(15,16)11-5-3-9(4-6-11)12-10(8-17)2-1-7-18-12/h1-7H,8,17H2. The van der Waals surface area contributed by atoms with Gasteiger partial charge < -0.3 is 5.73 Å². The van der Waals surface area contributed by atoms with E-state index in [-0.39, 0.29) is 0 Å². The number of nitrogens with zero attached hydrogens (tertiary/aromatic N) is 1. The van der Waals surface area contributed by atoms with Gasteiger partial charge in [-0.2, -0.15) is 13.2 Å². The van der Waals surface area contributed by atoms with E-state index < -0.39 is 11.7 Å². The molecule has 94 valence electrons. The monoisotopic (exact) mass is 252 g/mol. The van der Waals surface area contributed by atoms with Crippen molar-refractivity contribution in [3.63, 3.8) is 0 Å². The lowest BCUT2D eigenvalue weighted by molar-refractivity contribution is -0.137. The summed E-state index contributed by atoms with van der Waals surface area (Å²) in [6.07, 6.45) is -2.73. The normalized spacial score (nSPS) is 11.6. The third-order valence-corrected chi connectivity index (χ3v) is 2.60. The zero-order valence-electron chi connectivity index (χ0n) is 9.41. The molecule has 2 aromatic rings. The molecule has 1 aromatic heterocycles. The van der Waals surface area contributed by atoms with Crippen molar-refractivity contribution >= 4 is 0 Å². The van der Waals surface area contributed by atoms with Crippen LogP contribution in [0.5, 0.6) is 0 Å². The van der Waals surface area contributed by atoms with E-state index in [2.05, 4.69) is 4.98 Å². The molecule has 0 bridgehead atoms. The van der Waals surface area contributed by atoms with Crippen LogP contribution < -0.4 is 5.73 Å². The topological polar surface area (TPSA) is 38.9 Å². The lowest BCUT2D eigenvalue weighted by Crippen LogP contribution is -2.04. The van der Waals surface area contributed by atoms with Gasteiger partial charge in [0.05, 0.1) is 11.3 Å². The van der Waals surface area contributed by atoms with E-state index in [0.717, 1.165) is 17.7 Å². The number of benzene rings is 1. The number of alkyl halides is 3. The largest absolute Gasteiger partial charge is 0.416 e. The van der Waals surface area contributed by atoms with Crippen molar-refractivity contribution < 1.29 is 13.2 Å². The number of halogens is 3. The second kappa shape index (κ2) is 4.78. The fourth-order valence-electron chi connectivity index (χ4n) is 1.68. The molecule has 0 amide bonds. The summed E-state index contributed by atoms with van der Waals surface area (Å²) < 4.78 is 37.3. The molecule has 0 aliphatic rings. The summed E-state index contributed by atoms with van der Waals surface area (Å²) in [4.78, 5) is 4.15. The number of pyridine rings is 1. The van der Waals surface area contributed by atoms with Crippen LogP contribution in [-0.2, 0) is 12.7 Å². The Bertz CT molecular complexity index is 533. The Morgan fingerprint density at radius 3 is 2.28 bits per heavy atom. The minimum Gasteiger partial charge on any atom is -0.326 e. The molecular weight excluding hydrogens is 241 g/mol. The maximum atomic E-state index is 12.4. The summed E-state index contributed by atoms with van der Waals surface area (Å²) in [5.41, 5.74) is 6.95. The zero-order valence-corrected chi connectivity index (χ0v) is 9.41. The lowest BCUT2D eigenvalue weighted by Gasteiger charge is -2.09. The first kappa shape index (κ1) is 12.6. The summed E-state index contributed by atoms with van der Waals surface area (Å²) in [6.45, 7) is 0.296. The van der Waals surface area contributed by atoms with Crippen molar-refractivity contribution in [1.29, 1.82) is 0 Å². The highest BCUT2D eigenvalue weighted by atomic mass is 19.4. The predicted octanol–water partition coefficient (Wildman–Crippen LogP) is 3.23. The number of nitrogens with two attached hydrogens (primary N) is 1. The van der Waals surface area contributed by atoms with E-state index in [4.69, 9.17) is 5.73 Å². The van der Waals surface area contributed by atoms with E-state index in [1.807, 2.05) is 0 Å². The quantitative estimate of drug-likeness (QED) is 0.891. The Morgan fingerprint density at radius 2 is 1.72 bits per heavy atom. The van der Waals surface area contributed by atoms with Crippen LogP contribution in [0.1, 0.15) is 11.1 Å². The van der Waals surface area contributed by atoms with Crippen molar-refractivity contribution in [2.45, 2.75) is 12.7 Å². The molecular formula is C13H11F3N2. The Labute approximate surface area is 102 Å². The van der Waals surface area contributed by atoms with E-state index in [1.54, 1.807) is 18.3 Å². The summed E-state index contributed by atoms with van der Waals surface area (Å²) in [7, 11) is 0. The van der Waals surface area contributed by atoms with E-state index in [9.17, 15) is 13.2 Å². The summed E-state index contributed by atoms with van der Waals surface area (Å²) in [6, 6.07) is 8.46. The minimum absolute atomic E-state index is 0.296. The van der Waals surface area contributed by atoms with Crippen molar-refractivity contribution in [3.8, 4) is 11.3 Å². The van der Waals surface area contributed by atoms with Gasteiger partial charge in [0.15, 0.2) is 0 Å². The first-order valence-corrected chi connectivity index (χ1v) is 5.34. The van der Waals surface area contributed by atoms with Crippen LogP contribution in [0.15, 0.2) is 42.6 Å². The highest BCUT2D eigenvalue weighted by molar-refractivity contribution is 5.63. The fourth-order valence-corrected chi connectivity index (χ4v) is 1.68. The van der Waals surface area contributed by atoms with Crippen LogP contribution in [0.3, 0.4) is 0 Å². The molecule has 2 nitrogen and oxygen atoms in total. The van der Waals surface area contributed by atoms with Crippen LogP contribution >= 0.6 is 0 Å². The Kier molecular flexibility index (Phi) is 3.34. The maximum Gasteiger partial charge on any atom is 0.416 e. The van der Waals surface area contributed by atoms with Gasteiger partial charge in [0.2, 0.25) is 0 Å². The molecule has 1 heterocycles. The SMILES string of the molecule is NCc1cccnc1-c1ccc(C(F)(F)F)cc1. The summed E-state index contributed by atoms with van der Waals surface area (Å²) in [5, 5.41) is 0. The van der Waals surface area contributed by atoms with E-state index in [0.29, 0.717) is 17.8 Å². The summed E-state index contributed by atoms with van der Waals surface area (Å²) >= 11 is 0. The van der Waals surface area contributed by atoms with Crippen LogP contribution in [-0.4, -0.2) is 4.98 Å². The molecule has 1 aromatic carbocycles. The number of hydrogen-bond acceptors (Lipinski definition) is 2. The molecule has 0 saturated heterocycles. The third-order valence-electron chi connectivity index (χ3n) is 2.60. The highest BCUT2D eigenvalue weighted by Crippen LogP contribution is 2.31. The van der Waals surface area contributed by atoms with Crippen LogP contribution in [0.4, 0.5) is 13.2 Å². The van der Waals surface area contributed by atoms with Crippen molar-refractivity contribution in [2.75, 3.05) is 0 Å².